The number of hydrogen-bond acceptors (Lipinski definition) is 4. The van der Waals surface area contributed by atoms with Gasteiger partial charge in [0.05, 0.1) is 13.2 Å². The molecular weight excluding hydrogens is 316 g/mol. The van der Waals surface area contributed by atoms with Crippen LogP contribution in [-0.4, -0.2) is 30.1 Å². The number of allylic oxidation sites excluding steroid dienone is 1. The summed E-state index contributed by atoms with van der Waals surface area (Å²) in [6, 6.07) is 0. The molecule has 1 aliphatic carbocycles. The molecule has 0 saturated heterocycles. The van der Waals surface area contributed by atoms with E-state index in [4.69, 9.17) is 0 Å². The van der Waals surface area contributed by atoms with Crippen LogP contribution in [0.4, 0.5) is 0 Å². The molecule has 0 spiro atoms. The number of carbonyl (C=O) groups excluding carboxylic acids is 2. The number of carbonyl (C=O) groups is 2. The molecule has 2 atom stereocenters. The van der Waals surface area contributed by atoms with E-state index in [-0.39, 0.29) is 12.5 Å². The van der Waals surface area contributed by atoms with Gasteiger partial charge in [-0.05, 0) is 38.5 Å². The first-order valence-corrected chi connectivity index (χ1v) is 10.1. The Morgan fingerprint density at radius 2 is 1.84 bits per heavy atom. The number of methoxy groups -OCH3 is 1. The van der Waals surface area contributed by atoms with Crippen molar-refractivity contribution in [2.24, 2.45) is 5.92 Å². The van der Waals surface area contributed by atoms with E-state index in [1.165, 1.54) is 44.8 Å². The van der Waals surface area contributed by atoms with Gasteiger partial charge in [0, 0.05) is 12.3 Å². The van der Waals surface area contributed by atoms with Gasteiger partial charge in [0.1, 0.15) is 0 Å². The lowest BCUT2D eigenvalue weighted by atomic mass is 9.92. The maximum Gasteiger partial charge on any atom is 0.374 e. The molecule has 0 aliphatic heterocycles. The summed E-state index contributed by atoms with van der Waals surface area (Å²) in [6.07, 6.45) is 15.6. The van der Waals surface area contributed by atoms with Crippen LogP contribution in [0.5, 0.6) is 0 Å². The molecule has 1 fully saturated rings. The Bertz CT molecular complexity index is 428. The Labute approximate surface area is 153 Å². The summed E-state index contributed by atoms with van der Waals surface area (Å²) in [5, 5.41) is 10.2. The lowest BCUT2D eigenvalue weighted by Gasteiger charge is -2.16. The molecule has 1 rings (SSSR count). The zero-order chi connectivity index (χ0) is 18.5. The molecule has 0 radical (unpaired) electrons. The number of unbranched alkanes of at least 4 members (excludes halogenated alkanes) is 7. The molecule has 4 nitrogen and oxygen atoms in total. The first-order chi connectivity index (χ1) is 12.1. The van der Waals surface area contributed by atoms with Gasteiger partial charge in [-0.2, -0.15) is 0 Å². The quantitative estimate of drug-likeness (QED) is 0.225. The molecule has 144 valence electrons. The van der Waals surface area contributed by atoms with Gasteiger partial charge < -0.3 is 9.84 Å². The van der Waals surface area contributed by atoms with Crippen molar-refractivity contribution < 1.29 is 19.4 Å². The minimum Gasteiger partial charge on any atom is -0.463 e. The molecule has 1 saturated carbocycles. The van der Waals surface area contributed by atoms with E-state index in [9.17, 15) is 14.7 Å². The number of ketones is 1. The van der Waals surface area contributed by atoms with E-state index in [2.05, 4.69) is 17.7 Å². The first-order valence-electron chi connectivity index (χ1n) is 10.1. The molecule has 1 aliphatic rings. The topological polar surface area (TPSA) is 63.6 Å². The van der Waals surface area contributed by atoms with E-state index < -0.39 is 11.8 Å². The van der Waals surface area contributed by atoms with Gasteiger partial charge in [-0.3, -0.25) is 4.79 Å². The predicted molar refractivity (Wildman–Crippen MR) is 100 cm³/mol. The number of aliphatic hydroxyl groups excluding tert-OH is 1. The van der Waals surface area contributed by atoms with Gasteiger partial charge >= 0.3 is 5.97 Å². The third-order valence-corrected chi connectivity index (χ3v) is 5.22. The molecule has 0 aromatic carbocycles. The highest BCUT2D eigenvalue weighted by Crippen LogP contribution is 2.35. The fraction of sp³-hybridized carbons (Fsp3) is 0.810. The standard InChI is InChI=1S/C21H36O4/c1-3-4-5-6-7-9-12-17-15-16-19(22)18(17)13-10-8-11-14-20(23)21(24)25-2/h12,18-19,22H,3-11,13-16H2,1-2H3/t18-,19+/m1/s1. The third kappa shape index (κ3) is 8.66. The lowest BCUT2D eigenvalue weighted by molar-refractivity contribution is -0.151. The number of Topliss-reactive ketones (excluding diaryl/α,β-unsaturated/α-hetero) is 1. The van der Waals surface area contributed by atoms with E-state index >= 15 is 0 Å². The Morgan fingerprint density at radius 1 is 1.12 bits per heavy atom. The fourth-order valence-corrected chi connectivity index (χ4v) is 3.66. The second-order valence-corrected chi connectivity index (χ2v) is 7.21. The molecule has 0 unspecified atom stereocenters. The van der Waals surface area contributed by atoms with Gasteiger partial charge in [0.15, 0.2) is 0 Å². The lowest BCUT2D eigenvalue weighted by Crippen LogP contribution is -2.15. The van der Waals surface area contributed by atoms with Crippen LogP contribution in [-0.2, 0) is 14.3 Å². The Morgan fingerprint density at radius 3 is 2.56 bits per heavy atom. The molecule has 0 heterocycles. The predicted octanol–water partition coefficient (Wildman–Crippen LogP) is 4.74. The highest BCUT2D eigenvalue weighted by molar-refractivity contribution is 6.33. The summed E-state index contributed by atoms with van der Waals surface area (Å²) < 4.78 is 4.42. The Kier molecular flexibility index (Phi) is 11.5. The Hall–Kier alpha value is -1.16. The maximum absolute atomic E-state index is 11.4. The number of ether oxygens (including phenoxy) is 1. The molecular formula is C21H36O4. The molecule has 1 N–H and O–H groups in total. The molecule has 25 heavy (non-hydrogen) atoms. The maximum atomic E-state index is 11.4. The molecule has 0 aromatic heterocycles. The van der Waals surface area contributed by atoms with Crippen molar-refractivity contribution in [3.8, 4) is 0 Å². The van der Waals surface area contributed by atoms with Crippen molar-refractivity contribution in [2.45, 2.75) is 96.5 Å². The summed E-state index contributed by atoms with van der Waals surface area (Å²) in [5.74, 6) is -0.880. The van der Waals surface area contributed by atoms with Gasteiger partial charge in [-0.15, -0.1) is 0 Å². The van der Waals surface area contributed by atoms with Crippen LogP contribution in [0, 0.1) is 5.92 Å². The molecule has 0 amide bonds. The van der Waals surface area contributed by atoms with Crippen molar-refractivity contribution >= 4 is 11.8 Å². The van der Waals surface area contributed by atoms with Crippen molar-refractivity contribution in [1.29, 1.82) is 0 Å². The van der Waals surface area contributed by atoms with Crippen molar-refractivity contribution in [3.63, 3.8) is 0 Å². The summed E-state index contributed by atoms with van der Waals surface area (Å²) in [4.78, 5) is 22.4. The van der Waals surface area contributed by atoms with Gasteiger partial charge in [-0.25, -0.2) is 4.79 Å². The van der Waals surface area contributed by atoms with Crippen LogP contribution < -0.4 is 0 Å². The van der Waals surface area contributed by atoms with Gasteiger partial charge in [-0.1, -0.05) is 57.1 Å². The van der Waals surface area contributed by atoms with Crippen LogP contribution in [0.15, 0.2) is 11.6 Å². The average molecular weight is 353 g/mol. The molecule has 0 aromatic rings. The number of aliphatic hydroxyl groups is 1. The minimum absolute atomic E-state index is 0.206. The fourth-order valence-electron chi connectivity index (χ4n) is 3.66. The average Bonchev–Trinajstić information content (AvgIpc) is 2.96. The van der Waals surface area contributed by atoms with Crippen LogP contribution in [0.3, 0.4) is 0 Å². The van der Waals surface area contributed by atoms with Crippen LogP contribution in [0.25, 0.3) is 0 Å². The zero-order valence-electron chi connectivity index (χ0n) is 16.1. The summed E-state index contributed by atoms with van der Waals surface area (Å²) >= 11 is 0. The normalized spacial score (nSPS) is 21.6. The zero-order valence-corrected chi connectivity index (χ0v) is 16.1. The smallest absolute Gasteiger partial charge is 0.374 e. The number of hydrogen-bond donors (Lipinski definition) is 1. The molecule has 4 heteroatoms. The van der Waals surface area contributed by atoms with E-state index in [1.807, 2.05) is 0 Å². The Balaban J connectivity index is 2.23. The SMILES string of the molecule is CCCCCCCC=C1CC[C@H](O)[C@@H]1CCCCCC(=O)C(=O)OC. The molecule has 0 bridgehead atoms. The third-order valence-electron chi connectivity index (χ3n) is 5.22. The second-order valence-electron chi connectivity index (χ2n) is 7.21. The van der Waals surface area contributed by atoms with Crippen LogP contribution in [0.1, 0.15) is 90.4 Å². The van der Waals surface area contributed by atoms with E-state index in [0.29, 0.717) is 12.3 Å². The summed E-state index contributed by atoms with van der Waals surface area (Å²) in [7, 11) is 1.24. The summed E-state index contributed by atoms with van der Waals surface area (Å²) in [6.45, 7) is 2.23. The minimum atomic E-state index is -0.740. The van der Waals surface area contributed by atoms with Crippen LogP contribution >= 0.6 is 0 Å². The summed E-state index contributed by atoms with van der Waals surface area (Å²) in [5.41, 5.74) is 1.44. The largest absolute Gasteiger partial charge is 0.463 e. The second kappa shape index (κ2) is 13.1. The number of rotatable bonds is 13. The van der Waals surface area contributed by atoms with Crippen LogP contribution in [0.2, 0.25) is 0 Å². The van der Waals surface area contributed by atoms with E-state index in [1.54, 1.807) is 0 Å². The first kappa shape index (κ1) is 21.9. The van der Waals surface area contributed by atoms with E-state index in [0.717, 1.165) is 38.5 Å². The number of esters is 1. The van der Waals surface area contributed by atoms with Crippen molar-refractivity contribution in [2.75, 3.05) is 7.11 Å². The van der Waals surface area contributed by atoms with Crippen molar-refractivity contribution in [3.05, 3.63) is 11.6 Å². The van der Waals surface area contributed by atoms with Crippen molar-refractivity contribution in [1.82, 2.24) is 0 Å². The highest BCUT2D eigenvalue weighted by atomic mass is 16.5. The van der Waals surface area contributed by atoms with Gasteiger partial charge in [0.25, 0.3) is 0 Å². The van der Waals surface area contributed by atoms with Gasteiger partial charge in [0.2, 0.25) is 5.78 Å². The monoisotopic (exact) mass is 352 g/mol. The highest BCUT2D eigenvalue weighted by Gasteiger charge is 2.28.